The van der Waals surface area contributed by atoms with Gasteiger partial charge in [0, 0.05) is 0 Å². The zero-order valence-corrected chi connectivity index (χ0v) is 17.3. The van der Waals surface area contributed by atoms with Crippen molar-refractivity contribution >= 4 is 10.0 Å². The number of quaternary nitrogens is 1. The highest BCUT2D eigenvalue weighted by atomic mass is 32.2. The summed E-state index contributed by atoms with van der Waals surface area (Å²) in [5, 5.41) is 0. The summed E-state index contributed by atoms with van der Waals surface area (Å²) >= 11 is 0. The van der Waals surface area contributed by atoms with Crippen LogP contribution in [0.2, 0.25) is 0 Å². The molecule has 27 heavy (non-hydrogen) atoms. The molecule has 6 heteroatoms. The fraction of sp³-hybridized carbons (Fsp3) is 0.429. The van der Waals surface area contributed by atoms with Crippen molar-refractivity contribution in [3.05, 3.63) is 60.2 Å². The zero-order chi connectivity index (χ0) is 19.8. The van der Waals surface area contributed by atoms with Crippen molar-refractivity contribution in [2.24, 2.45) is 0 Å². The Morgan fingerprint density at radius 1 is 0.963 bits per heavy atom. The third kappa shape index (κ3) is 6.34. The minimum atomic E-state index is -3.46. The number of likely N-dealkylation sites (N-methyl/N-ethyl adjacent to an activating group) is 1. The number of nitrogens with zero attached hydrogens (tertiary/aromatic N) is 1. The van der Waals surface area contributed by atoms with E-state index in [9.17, 15) is 8.42 Å². The predicted molar refractivity (Wildman–Crippen MR) is 109 cm³/mol. The normalized spacial score (nSPS) is 12.1. The molecule has 2 rings (SSSR count). The van der Waals surface area contributed by atoms with E-state index in [-0.39, 0.29) is 0 Å². The summed E-state index contributed by atoms with van der Waals surface area (Å²) < 4.78 is 34.2. The summed E-state index contributed by atoms with van der Waals surface area (Å²) in [6, 6.07) is 16.5. The summed E-state index contributed by atoms with van der Waals surface area (Å²) in [5.41, 5.74) is 1.18. The number of aryl methyl sites for hydroxylation is 1. The van der Waals surface area contributed by atoms with Crippen LogP contribution in [0, 0.1) is 6.92 Å². The van der Waals surface area contributed by atoms with E-state index in [4.69, 9.17) is 4.74 Å². The van der Waals surface area contributed by atoms with Crippen LogP contribution >= 0.6 is 0 Å². The molecule has 0 fully saturated rings. The first-order valence-corrected chi connectivity index (χ1v) is 11.0. The second kappa shape index (κ2) is 9.88. The van der Waals surface area contributed by atoms with Crippen LogP contribution in [0.5, 0.6) is 5.75 Å². The van der Waals surface area contributed by atoms with Gasteiger partial charge in [-0.15, -0.1) is 0 Å². The van der Waals surface area contributed by atoms with Crippen molar-refractivity contribution in [2.45, 2.75) is 25.7 Å². The summed E-state index contributed by atoms with van der Waals surface area (Å²) in [5.74, 6) is 0.880. The number of hydrogen-bond acceptors (Lipinski definition) is 3. The van der Waals surface area contributed by atoms with E-state index in [1.54, 1.807) is 24.3 Å². The van der Waals surface area contributed by atoms with Crippen molar-refractivity contribution in [1.82, 2.24) is 4.72 Å². The fourth-order valence-electron chi connectivity index (χ4n) is 3.13. The molecule has 0 unspecified atom stereocenters. The summed E-state index contributed by atoms with van der Waals surface area (Å²) in [6.07, 6.45) is 0. The summed E-state index contributed by atoms with van der Waals surface area (Å²) in [4.78, 5) is 0.305. The van der Waals surface area contributed by atoms with Gasteiger partial charge in [-0.05, 0) is 50.6 Å². The van der Waals surface area contributed by atoms with E-state index >= 15 is 0 Å². The molecule has 148 valence electrons. The standard InChI is InChI=1S/C21H31N2O3S/c1-4-23(5-2,16-17-26-20-11-9-10-19(3)18-20)15-14-22-27(24,25)21-12-7-6-8-13-21/h6-13,18,22H,4-5,14-17H2,1-3H3/q+1. The van der Waals surface area contributed by atoms with Crippen LogP contribution in [0.3, 0.4) is 0 Å². The smallest absolute Gasteiger partial charge is 0.240 e. The number of rotatable bonds is 11. The Morgan fingerprint density at radius 2 is 1.67 bits per heavy atom. The first kappa shape index (κ1) is 21.4. The van der Waals surface area contributed by atoms with Gasteiger partial charge in [0.1, 0.15) is 18.9 Å². The van der Waals surface area contributed by atoms with Crippen LogP contribution in [-0.2, 0) is 10.0 Å². The average Bonchev–Trinajstić information content (AvgIpc) is 2.67. The maximum atomic E-state index is 12.4. The lowest BCUT2D eigenvalue weighted by molar-refractivity contribution is -0.923. The van der Waals surface area contributed by atoms with Crippen LogP contribution < -0.4 is 9.46 Å². The van der Waals surface area contributed by atoms with E-state index in [0.717, 1.165) is 36.4 Å². The van der Waals surface area contributed by atoms with Gasteiger partial charge in [-0.25, -0.2) is 13.1 Å². The van der Waals surface area contributed by atoms with Gasteiger partial charge in [-0.1, -0.05) is 30.3 Å². The number of benzene rings is 2. The molecule has 0 aromatic heterocycles. The lowest BCUT2D eigenvalue weighted by Crippen LogP contribution is -2.53. The lowest BCUT2D eigenvalue weighted by Gasteiger charge is -2.36. The van der Waals surface area contributed by atoms with Gasteiger partial charge in [0.25, 0.3) is 0 Å². The Balaban J connectivity index is 1.89. The van der Waals surface area contributed by atoms with Crippen LogP contribution in [0.25, 0.3) is 0 Å². The third-order valence-electron chi connectivity index (χ3n) is 5.10. The number of ether oxygens (including phenoxy) is 1. The largest absolute Gasteiger partial charge is 0.488 e. The molecular formula is C21H31N2O3S+. The minimum absolute atomic E-state index is 0.305. The van der Waals surface area contributed by atoms with Crippen LogP contribution in [-0.4, -0.2) is 52.2 Å². The van der Waals surface area contributed by atoms with Crippen molar-refractivity contribution < 1.29 is 17.6 Å². The van der Waals surface area contributed by atoms with Crippen molar-refractivity contribution in [3.63, 3.8) is 0 Å². The molecule has 0 heterocycles. The zero-order valence-electron chi connectivity index (χ0n) is 16.5. The number of nitrogens with one attached hydrogen (secondary N) is 1. The van der Waals surface area contributed by atoms with Gasteiger partial charge in [-0.2, -0.15) is 0 Å². The van der Waals surface area contributed by atoms with Crippen LogP contribution in [0.15, 0.2) is 59.5 Å². The Morgan fingerprint density at radius 3 is 2.30 bits per heavy atom. The van der Waals surface area contributed by atoms with Gasteiger partial charge in [0.05, 0.1) is 31.1 Å². The van der Waals surface area contributed by atoms with Crippen molar-refractivity contribution in [1.29, 1.82) is 0 Å². The highest BCUT2D eigenvalue weighted by Gasteiger charge is 2.24. The quantitative estimate of drug-likeness (QED) is 0.599. The Hall–Kier alpha value is -1.89. The molecule has 2 aromatic rings. The number of hydrogen-bond donors (Lipinski definition) is 1. The first-order valence-electron chi connectivity index (χ1n) is 9.50. The molecule has 0 saturated heterocycles. The molecule has 0 spiro atoms. The van der Waals surface area contributed by atoms with Gasteiger partial charge in [0.2, 0.25) is 10.0 Å². The van der Waals surface area contributed by atoms with Gasteiger partial charge < -0.3 is 9.22 Å². The van der Waals surface area contributed by atoms with Gasteiger partial charge >= 0.3 is 0 Å². The van der Waals surface area contributed by atoms with Crippen LogP contribution in [0.4, 0.5) is 0 Å². The van der Waals surface area contributed by atoms with E-state index in [0.29, 0.717) is 18.0 Å². The number of sulfonamides is 1. The molecule has 0 amide bonds. The molecule has 0 radical (unpaired) electrons. The van der Waals surface area contributed by atoms with Gasteiger partial charge in [0.15, 0.2) is 0 Å². The van der Waals surface area contributed by atoms with E-state index < -0.39 is 10.0 Å². The van der Waals surface area contributed by atoms with Crippen molar-refractivity contribution in [2.75, 3.05) is 39.3 Å². The van der Waals surface area contributed by atoms with E-state index in [1.807, 2.05) is 37.3 Å². The molecular weight excluding hydrogens is 360 g/mol. The molecule has 0 aliphatic carbocycles. The molecule has 0 atom stereocenters. The molecule has 0 aliphatic heterocycles. The predicted octanol–water partition coefficient (Wildman–Crippen LogP) is 3.21. The van der Waals surface area contributed by atoms with Crippen molar-refractivity contribution in [3.8, 4) is 5.75 Å². The Labute approximate surface area is 163 Å². The molecule has 0 saturated carbocycles. The van der Waals surface area contributed by atoms with Crippen LogP contribution in [0.1, 0.15) is 19.4 Å². The Bertz CT molecular complexity index is 803. The lowest BCUT2D eigenvalue weighted by atomic mass is 10.2. The minimum Gasteiger partial charge on any atom is -0.488 e. The summed E-state index contributed by atoms with van der Waals surface area (Å²) in [7, 11) is -3.46. The monoisotopic (exact) mass is 391 g/mol. The molecule has 1 N–H and O–H groups in total. The Kier molecular flexibility index (Phi) is 7.83. The second-order valence-corrected chi connectivity index (χ2v) is 8.56. The molecule has 0 bridgehead atoms. The topological polar surface area (TPSA) is 55.4 Å². The maximum Gasteiger partial charge on any atom is 0.240 e. The van der Waals surface area contributed by atoms with E-state index in [1.165, 1.54) is 5.56 Å². The highest BCUT2D eigenvalue weighted by molar-refractivity contribution is 7.89. The molecule has 5 nitrogen and oxygen atoms in total. The molecule has 0 aliphatic rings. The fourth-order valence-corrected chi connectivity index (χ4v) is 4.17. The van der Waals surface area contributed by atoms with Gasteiger partial charge in [-0.3, -0.25) is 0 Å². The molecule has 2 aromatic carbocycles. The SMILES string of the molecule is CC[N+](CC)(CCNS(=O)(=O)c1ccccc1)CCOc1cccc(C)c1. The first-order chi connectivity index (χ1) is 12.9. The second-order valence-electron chi connectivity index (χ2n) is 6.80. The highest BCUT2D eigenvalue weighted by Crippen LogP contribution is 2.14. The average molecular weight is 392 g/mol. The maximum absolute atomic E-state index is 12.4. The van der Waals surface area contributed by atoms with E-state index in [2.05, 4.69) is 18.6 Å². The third-order valence-corrected chi connectivity index (χ3v) is 6.57. The summed E-state index contributed by atoms with van der Waals surface area (Å²) in [6.45, 7) is 10.8.